The molecule has 0 bridgehead atoms. The first kappa shape index (κ1) is 15.9. The van der Waals surface area contributed by atoms with Crippen LogP contribution in [-0.4, -0.2) is 23.3 Å². The van der Waals surface area contributed by atoms with Gasteiger partial charge in [0.1, 0.15) is 5.82 Å². The van der Waals surface area contributed by atoms with Gasteiger partial charge in [-0.25, -0.2) is 4.39 Å². The largest absolute Gasteiger partial charge is 0.370 e. The van der Waals surface area contributed by atoms with Crippen LogP contribution in [0.5, 0.6) is 0 Å². The molecule has 0 heterocycles. The lowest BCUT2D eigenvalue weighted by molar-refractivity contribution is -0.138. The molecule has 0 spiro atoms. The lowest BCUT2D eigenvalue weighted by Gasteiger charge is -2.41. The second kappa shape index (κ2) is 6.13. The molecule has 0 aromatic heterocycles. The van der Waals surface area contributed by atoms with E-state index in [4.69, 9.17) is 5.73 Å². The van der Waals surface area contributed by atoms with Gasteiger partial charge >= 0.3 is 11.8 Å². The number of hydrogen-bond acceptors (Lipinski definition) is 3. The zero-order valence-electron chi connectivity index (χ0n) is 12.2. The lowest BCUT2D eigenvalue weighted by atomic mass is 9.74. The van der Waals surface area contributed by atoms with Gasteiger partial charge in [-0.2, -0.15) is 0 Å². The summed E-state index contributed by atoms with van der Waals surface area (Å²) in [7, 11) is 0. The SMILES string of the molecule is Cc1cc(F)cc(NC(=O)C(=O)NC2(CC(N)=O)CCC2)c1. The average molecular weight is 307 g/mol. The molecule has 0 aliphatic heterocycles. The molecule has 1 saturated carbocycles. The summed E-state index contributed by atoms with van der Waals surface area (Å²) >= 11 is 0. The second-order valence-corrected chi connectivity index (χ2v) is 5.70. The number of anilines is 1. The Bertz CT molecular complexity index is 606. The van der Waals surface area contributed by atoms with Gasteiger partial charge in [0.2, 0.25) is 5.91 Å². The summed E-state index contributed by atoms with van der Waals surface area (Å²) < 4.78 is 13.3. The van der Waals surface area contributed by atoms with E-state index in [1.54, 1.807) is 13.0 Å². The van der Waals surface area contributed by atoms with Gasteiger partial charge in [-0.3, -0.25) is 14.4 Å². The summed E-state index contributed by atoms with van der Waals surface area (Å²) in [5.74, 6) is -2.79. The van der Waals surface area contributed by atoms with E-state index in [9.17, 15) is 18.8 Å². The fourth-order valence-electron chi connectivity index (χ4n) is 2.58. The fraction of sp³-hybridized carbons (Fsp3) is 0.400. The minimum Gasteiger partial charge on any atom is -0.370 e. The van der Waals surface area contributed by atoms with Crippen LogP contribution in [0.25, 0.3) is 0 Å². The molecule has 3 amide bonds. The van der Waals surface area contributed by atoms with Crippen molar-refractivity contribution in [3.8, 4) is 0 Å². The Morgan fingerprint density at radius 1 is 1.23 bits per heavy atom. The number of halogens is 1. The highest BCUT2D eigenvalue weighted by atomic mass is 19.1. The summed E-state index contributed by atoms with van der Waals surface area (Å²) in [6.07, 6.45) is 2.07. The van der Waals surface area contributed by atoms with Gasteiger partial charge in [0.15, 0.2) is 0 Å². The highest BCUT2D eigenvalue weighted by Crippen LogP contribution is 2.34. The molecule has 1 aliphatic carbocycles. The van der Waals surface area contributed by atoms with E-state index in [2.05, 4.69) is 10.6 Å². The first-order chi connectivity index (χ1) is 10.3. The van der Waals surface area contributed by atoms with Gasteiger partial charge < -0.3 is 16.4 Å². The molecule has 1 fully saturated rings. The van der Waals surface area contributed by atoms with Crippen LogP contribution in [0.2, 0.25) is 0 Å². The summed E-state index contributed by atoms with van der Waals surface area (Å²) in [5, 5.41) is 4.91. The topological polar surface area (TPSA) is 101 Å². The molecule has 1 aromatic carbocycles. The quantitative estimate of drug-likeness (QED) is 0.723. The van der Waals surface area contributed by atoms with Crippen molar-refractivity contribution in [3.05, 3.63) is 29.6 Å². The highest BCUT2D eigenvalue weighted by molar-refractivity contribution is 6.39. The predicted octanol–water partition coefficient (Wildman–Crippen LogP) is 0.987. The van der Waals surface area contributed by atoms with Crippen molar-refractivity contribution < 1.29 is 18.8 Å². The van der Waals surface area contributed by atoms with Crippen LogP contribution in [0.3, 0.4) is 0 Å². The number of aryl methyl sites for hydroxylation is 1. The number of nitrogens with two attached hydrogens (primary N) is 1. The molecule has 6 nitrogen and oxygen atoms in total. The Balaban J connectivity index is 2.00. The van der Waals surface area contributed by atoms with Crippen molar-refractivity contribution in [1.29, 1.82) is 0 Å². The van der Waals surface area contributed by atoms with Crippen LogP contribution in [0.4, 0.5) is 10.1 Å². The number of carbonyl (C=O) groups is 3. The highest BCUT2D eigenvalue weighted by Gasteiger charge is 2.40. The maximum Gasteiger partial charge on any atom is 0.313 e. The van der Waals surface area contributed by atoms with Crippen molar-refractivity contribution in [3.63, 3.8) is 0 Å². The normalized spacial score (nSPS) is 15.5. The Morgan fingerprint density at radius 2 is 1.91 bits per heavy atom. The third kappa shape index (κ3) is 3.81. The van der Waals surface area contributed by atoms with Gasteiger partial charge in [-0.15, -0.1) is 0 Å². The molecule has 4 N–H and O–H groups in total. The van der Waals surface area contributed by atoms with Crippen molar-refractivity contribution >= 4 is 23.4 Å². The third-order valence-electron chi connectivity index (χ3n) is 3.71. The second-order valence-electron chi connectivity index (χ2n) is 5.70. The predicted molar refractivity (Wildman–Crippen MR) is 78.3 cm³/mol. The van der Waals surface area contributed by atoms with E-state index in [0.717, 1.165) is 12.5 Å². The molecular formula is C15H18FN3O3. The molecule has 0 radical (unpaired) electrons. The smallest absolute Gasteiger partial charge is 0.313 e. The van der Waals surface area contributed by atoms with Crippen LogP contribution in [0.15, 0.2) is 18.2 Å². The number of rotatable bonds is 4. The maximum atomic E-state index is 13.3. The third-order valence-corrected chi connectivity index (χ3v) is 3.71. The number of benzene rings is 1. The summed E-state index contributed by atoms with van der Waals surface area (Å²) in [6, 6.07) is 3.99. The maximum absolute atomic E-state index is 13.3. The summed E-state index contributed by atoms with van der Waals surface area (Å²) in [5.41, 5.74) is 5.27. The van der Waals surface area contributed by atoms with Crippen molar-refractivity contribution in [2.45, 2.75) is 38.1 Å². The number of primary amides is 1. The summed E-state index contributed by atoms with van der Waals surface area (Å²) in [6.45, 7) is 1.68. The number of carbonyl (C=O) groups excluding carboxylic acids is 3. The minimum atomic E-state index is -0.902. The van der Waals surface area contributed by atoms with Crippen molar-refractivity contribution in [1.82, 2.24) is 5.32 Å². The van der Waals surface area contributed by atoms with Gasteiger partial charge in [-0.1, -0.05) is 0 Å². The Morgan fingerprint density at radius 3 is 2.41 bits per heavy atom. The molecule has 7 heteroatoms. The number of hydrogen-bond donors (Lipinski definition) is 3. The Kier molecular flexibility index (Phi) is 4.44. The molecule has 0 atom stereocenters. The van der Waals surface area contributed by atoms with Gasteiger partial charge in [-0.05, 0) is 49.9 Å². The number of nitrogens with one attached hydrogen (secondary N) is 2. The van der Waals surface area contributed by atoms with Crippen LogP contribution in [0, 0.1) is 12.7 Å². The molecule has 118 valence electrons. The molecule has 1 aromatic rings. The fourth-order valence-corrected chi connectivity index (χ4v) is 2.58. The standard InChI is InChI=1S/C15H18FN3O3/c1-9-5-10(16)7-11(6-9)18-13(21)14(22)19-15(3-2-4-15)8-12(17)20/h5-7H,2-4,8H2,1H3,(H2,17,20)(H,18,21)(H,19,22). The minimum absolute atomic E-state index is 0.00505. The number of amides is 3. The first-order valence-corrected chi connectivity index (χ1v) is 6.99. The van der Waals surface area contributed by atoms with Crippen LogP contribution in [0.1, 0.15) is 31.2 Å². The lowest BCUT2D eigenvalue weighted by Crippen LogP contribution is -2.57. The molecule has 0 unspecified atom stereocenters. The van der Waals surface area contributed by atoms with Gasteiger partial charge in [0, 0.05) is 17.6 Å². The molecule has 22 heavy (non-hydrogen) atoms. The monoisotopic (exact) mass is 307 g/mol. The Hall–Kier alpha value is -2.44. The molecular weight excluding hydrogens is 289 g/mol. The van der Waals surface area contributed by atoms with E-state index in [1.807, 2.05) is 0 Å². The van der Waals surface area contributed by atoms with Crippen LogP contribution < -0.4 is 16.4 Å². The van der Waals surface area contributed by atoms with E-state index in [0.29, 0.717) is 18.4 Å². The summed E-state index contributed by atoms with van der Waals surface area (Å²) in [4.78, 5) is 34.9. The van der Waals surface area contributed by atoms with E-state index in [1.165, 1.54) is 6.07 Å². The first-order valence-electron chi connectivity index (χ1n) is 6.99. The zero-order valence-corrected chi connectivity index (χ0v) is 12.2. The van der Waals surface area contributed by atoms with E-state index in [-0.39, 0.29) is 12.1 Å². The van der Waals surface area contributed by atoms with Crippen LogP contribution in [-0.2, 0) is 14.4 Å². The van der Waals surface area contributed by atoms with Gasteiger partial charge in [0.25, 0.3) is 0 Å². The molecule has 0 saturated heterocycles. The Labute approximate surface area is 127 Å². The van der Waals surface area contributed by atoms with E-state index >= 15 is 0 Å². The molecule has 1 aliphatic rings. The zero-order chi connectivity index (χ0) is 16.3. The molecule has 2 rings (SSSR count). The van der Waals surface area contributed by atoms with E-state index < -0.39 is 29.1 Å². The van der Waals surface area contributed by atoms with Crippen molar-refractivity contribution in [2.75, 3.05) is 5.32 Å². The average Bonchev–Trinajstić information content (AvgIpc) is 2.33. The van der Waals surface area contributed by atoms with Crippen LogP contribution >= 0.6 is 0 Å². The van der Waals surface area contributed by atoms with Gasteiger partial charge in [0.05, 0.1) is 0 Å². The van der Waals surface area contributed by atoms with Crippen molar-refractivity contribution in [2.24, 2.45) is 5.73 Å².